The molecule has 1 aromatic carbocycles. The standard InChI is InChI=1S/C20H21NOS/c1-3-12-22-17-9-5-8-15-14-6-4-7-16(14)20(21-19(15)17)18-11-10-13(2)23-18/h3-6,8-11,14,16,20-21H,1,7,12H2,2H3. The number of allylic oxidation sites excluding steroid dienone is 2. The first-order valence-electron chi connectivity index (χ1n) is 8.14. The Morgan fingerprint density at radius 1 is 1.35 bits per heavy atom. The van der Waals surface area contributed by atoms with Crippen molar-refractivity contribution in [2.75, 3.05) is 11.9 Å². The van der Waals surface area contributed by atoms with E-state index in [4.69, 9.17) is 4.74 Å². The number of fused-ring (bicyclic) bond motifs is 3. The van der Waals surface area contributed by atoms with Crippen LogP contribution in [0.4, 0.5) is 5.69 Å². The minimum atomic E-state index is 0.356. The normalized spacial score (nSPS) is 24.7. The molecule has 2 heterocycles. The van der Waals surface area contributed by atoms with Crippen molar-refractivity contribution in [3.63, 3.8) is 0 Å². The summed E-state index contributed by atoms with van der Waals surface area (Å²) >= 11 is 1.89. The Hall–Kier alpha value is -2.00. The molecule has 1 aliphatic carbocycles. The Bertz CT molecular complexity index is 761. The van der Waals surface area contributed by atoms with E-state index < -0.39 is 0 Å². The molecule has 1 aliphatic heterocycles. The lowest BCUT2D eigenvalue weighted by atomic mass is 9.78. The molecule has 3 unspecified atom stereocenters. The molecule has 4 rings (SSSR count). The van der Waals surface area contributed by atoms with E-state index >= 15 is 0 Å². The molecule has 2 aromatic rings. The molecule has 23 heavy (non-hydrogen) atoms. The second kappa shape index (κ2) is 5.89. The highest BCUT2D eigenvalue weighted by Crippen LogP contribution is 2.52. The monoisotopic (exact) mass is 323 g/mol. The molecule has 2 aliphatic rings. The maximum Gasteiger partial charge on any atom is 0.143 e. The molecule has 3 heteroatoms. The fourth-order valence-electron chi connectivity index (χ4n) is 3.76. The van der Waals surface area contributed by atoms with Crippen molar-refractivity contribution in [2.45, 2.75) is 25.3 Å². The Kier molecular flexibility index (Phi) is 3.74. The topological polar surface area (TPSA) is 21.3 Å². The van der Waals surface area contributed by atoms with Crippen molar-refractivity contribution >= 4 is 17.0 Å². The van der Waals surface area contributed by atoms with Crippen LogP contribution in [0.1, 0.15) is 33.7 Å². The van der Waals surface area contributed by atoms with Crippen molar-refractivity contribution in [1.29, 1.82) is 0 Å². The lowest BCUT2D eigenvalue weighted by Crippen LogP contribution is -2.28. The Morgan fingerprint density at radius 3 is 3.04 bits per heavy atom. The van der Waals surface area contributed by atoms with Gasteiger partial charge in [0.05, 0.1) is 11.7 Å². The van der Waals surface area contributed by atoms with Crippen LogP contribution in [0, 0.1) is 12.8 Å². The van der Waals surface area contributed by atoms with Crippen LogP contribution in [0.2, 0.25) is 0 Å². The predicted octanol–water partition coefficient (Wildman–Crippen LogP) is 5.45. The summed E-state index contributed by atoms with van der Waals surface area (Å²) in [6.45, 7) is 6.46. The summed E-state index contributed by atoms with van der Waals surface area (Å²) in [7, 11) is 0. The number of anilines is 1. The average Bonchev–Trinajstić information content (AvgIpc) is 3.21. The van der Waals surface area contributed by atoms with Gasteiger partial charge in [-0.15, -0.1) is 11.3 Å². The number of nitrogens with one attached hydrogen (secondary N) is 1. The minimum absolute atomic E-state index is 0.356. The highest BCUT2D eigenvalue weighted by Gasteiger charge is 2.39. The number of hydrogen-bond acceptors (Lipinski definition) is 3. The number of rotatable bonds is 4. The third kappa shape index (κ3) is 2.49. The van der Waals surface area contributed by atoms with E-state index in [9.17, 15) is 0 Å². The molecule has 2 nitrogen and oxygen atoms in total. The number of aryl methyl sites for hydroxylation is 1. The van der Waals surface area contributed by atoms with Crippen LogP contribution in [0.3, 0.4) is 0 Å². The van der Waals surface area contributed by atoms with Crippen LogP contribution in [0.25, 0.3) is 0 Å². The summed E-state index contributed by atoms with van der Waals surface area (Å²) in [4.78, 5) is 2.79. The minimum Gasteiger partial charge on any atom is -0.487 e. The Morgan fingerprint density at radius 2 is 2.26 bits per heavy atom. The van der Waals surface area contributed by atoms with Crippen LogP contribution >= 0.6 is 11.3 Å². The van der Waals surface area contributed by atoms with Gasteiger partial charge in [0.25, 0.3) is 0 Å². The van der Waals surface area contributed by atoms with E-state index in [1.807, 2.05) is 17.4 Å². The summed E-state index contributed by atoms with van der Waals surface area (Å²) in [5.41, 5.74) is 2.51. The van der Waals surface area contributed by atoms with Crippen molar-refractivity contribution in [2.24, 2.45) is 5.92 Å². The lowest BCUT2D eigenvalue weighted by Gasteiger charge is -2.37. The molecule has 1 aromatic heterocycles. The molecule has 3 atom stereocenters. The zero-order chi connectivity index (χ0) is 15.8. The van der Waals surface area contributed by atoms with E-state index in [2.05, 4.69) is 55.2 Å². The molecule has 118 valence electrons. The summed E-state index contributed by atoms with van der Waals surface area (Å²) in [6.07, 6.45) is 7.63. The van der Waals surface area contributed by atoms with Crippen molar-refractivity contribution in [1.82, 2.24) is 0 Å². The number of hydrogen-bond donors (Lipinski definition) is 1. The second-order valence-electron chi connectivity index (χ2n) is 6.24. The maximum absolute atomic E-state index is 5.89. The van der Waals surface area contributed by atoms with Gasteiger partial charge >= 0.3 is 0 Å². The second-order valence-corrected chi connectivity index (χ2v) is 7.56. The molecule has 0 fully saturated rings. The highest BCUT2D eigenvalue weighted by molar-refractivity contribution is 7.12. The van der Waals surface area contributed by atoms with Gasteiger partial charge in [-0.25, -0.2) is 0 Å². The van der Waals surface area contributed by atoms with Crippen LogP contribution in [0.15, 0.2) is 55.1 Å². The fourth-order valence-corrected chi connectivity index (χ4v) is 4.77. The van der Waals surface area contributed by atoms with E-state index in [0.717, 1.165) is 17.9 Å². The van der Waals surface area contributed by atoms with Gasteiger partial charge in [-0.3, -0.25) is 0 Å². The van der Waals surface area contributed by atoms with Gasteiger partial charge in [0.15, 0.2) is 0 Å². The summed E-state index contributed by atoms with van der Waals surface area (Å²) in [6, 6.07) is 11.2. The van der Waals surface area contributed by atoms with Crippen LogP contribution in [-0.2, 0) is 0 Å². The third-order valence-electron chi connectivity index (χ3n) is 4.78. The van der Waals surface area contributed by atoms with E-state index in [-0.39, 0.29) is 0 Å². The SMILES string of the molecule is C=CCOc1cccc2c1NC(c1ccc(C)s1)C1CC=CC21. The molecule has 0 radical (unpaired) electrons. The number of benzene rings is 1. The molecular formula is C20H21NOS. The van der Waals surface area contributed by atoms with Crippen molar-refractivity contribution < 1.29 is 4.74 Å². The van der Waals surface area contributed by atoms with Gasteiger partial charge < -0.3 is 10.1 Å². The highest BCUT2D eigenvalue weighted by atomic mass is 32.1. The number of thiophene rings is 1. The Labute approximate surface area is 141 Å². The van der Waals surface area contributed by atoms with Crippen molar-refractivity contribution in [3.8, 4) is 5.75 Å². The first-order valence-corrected chi connectivity index (χ1v) is 8.95. The van der Waals surface area contributed by atoms with E-state index in [1.54, 1.807) is 6.08 Å². The smallest absolute Gasteiger partial charge is 0.143 e. The molecule has 0 bridgehead atoms. The van der Waals surface area contributed by atoms with Gasteiger partial charge in [-0.1, -0.05) is 36.9 Å². The summed E-state index contributed by atoms with van der Waals surface area (Å²) in [5.74, 6) is 2.00. The van der Waals surface area contributed by atoms with Crippen LogP contribution < -0.4 is 10.1 Å². The zero-order valence-corrected chi connectivity index (χ0v) is 14.1. The molecule has 0 saturated heterocycles. The van der Waals surface area contributed by atoms with Gasteiger partial charge in [-0.2, -0.15) is 0 Å². The summed E-state index contributed by atoms with van der Waals surface area (Å²) < 4.78 is 5.89. The quantitative estimate of drug-likeness (QED) is 0.756. The molecule has 1 N–H and O–H groups in total. The van der Waals surface area contributed by atoms with E-state index in [0.29, 0.717) is 24.5 Å². The average molecular weight is 323 g/mol. The lowest BCUT2D eigenvalue weighted by molar-refractivity contribution is 0.358. The van der Waals surface area contributed by atoms with Crippen LogP contribution in [-0.4, -0.2) is 6.61 Å². The van der Waals surface area contributed by atoms with Crippen molar-refractivity contribution in [3.05, 3.63) is 70.5 Å². The third-order valence-corrected chi connectivity index (χ3v) is 5.87. The first-order chi connectivity index (χ1) is 11.3. The maximum atomic E-state index is 5.89. The van der Waals surface area contributed by atoms with Gasteiger partial charge in [0.2, 0.25) is 0 Å². The number of ether oxygens (including phenoxy) is 1. The molecule has 0 saturated carbocycles. The van der Waals surface area contributed by atoms with E-state index in [1.165, 1.54) is 15.3 Å². The van der Waals surface area contributed by atoms with Crippen LogP contribution in [0.5, 0.6) is 5.75 Å². The van der Waals surface area contributed by atoms with Gasteiger partial charge in [0, 0.05) is 15.7 Å². The molecule has 0 spiro atoms. The summed E-state index contributed by atoms with van der Waals surface area (Å²) in [5, 5.41) is 3.79. The first kappa shape index (κ1) is 14.6. The largest absolute Gasteiger partial charge is 0.487 e. The predicted molar refractivity (Wildman–Crippen MR) is 97.5 cm³/mol. The molecular weight excluding hydrogens is 302 g/mol. The zero-order valence-electron chi connectivity index (χ0n) is 13.3. The van der Waals surface area contributed by atoms with Gasteiger partial charge in [0.1, 0.15) is 12.4 Å². The number of para-hydroxylation sites is 1. The fraction of sp³-hybridized carbons (Fsp3) is 0.300. The van der Waals surface area contributed by atoms with Gasteiger partial charge in [-0.05, 0) is 43.0 Å². The molecule has 0 amide bonds. The Balaban J connectivity index is 1.77.